The van der Waals surface area contributed by atoms with Crippen molar-refractivity contribution in [3.8, 4) is 0 Å². The maximum Gasteiger partial charge on any atom is 0.262 e. The summed E-state index contributed by atoms with van der Waals surface area (Å²) in [4.78, 5) is -0.0637. The molecule has 1 radical (unpaired) electrons. The van der Waals surface area contributed by atoms with E-state index in [4.69, 9.17) is 0 Å². The number of rotatable bonds is 3. The van der Waals surface area contributed by atoms with Crippen LogP contribution >= 0.6 is 0 Å². The van der Waals surface area contributed by atoms with Gasteiger partial charge in [-0.3, -0.25) is 4.72 Å². The number of hydrogen-bond donors (Lipinski definition) is 1. The Labute approximate surface area is 112 Å². The fraction of sp³-hybridized carbons (Fsp3) is 0.0714. The predicted molar refractivity (Wildman–Crippen MR) is 72.8 cm³/mol. The highest BCUT2D eigenvalue weighted by Crippen LogP contribution is 2.20. The zero-order valence-electron chi connectivity index (χ0n) is 10.4. The Bertz CT molecular complexity index is 694. The van der Waals surface area contributed by atoms with Crippen LogP contribution in [0.2, 0.25) is 0 Å². The fourth-order valence-corrected chi connectivity index (χ4v) is 2.96. The average Bonchev–Trinajstić information content (AvgIpc) is 2.35. The molecule has 2 rings (SSSR count). The van der Waals surface area contributed by atoms with Crippen molar-refractivity contribution in [1.29, 1.82) is 0 Å². The van der Waals surface area contributed by atoms with Crippen molar-refractivity contribution in [2.45, 2.75) is 11.8 Å². The third-order valence-corrected chi connectivity index (χ3v) is 4.17. The first-order valence-corrected chi connectivity index (χ1v) is 7.08. The summed E-state index contributed by atoms with van der Waals surface area (Å²) in [5.74, 6) is -0.584. The molecular formula is C14H13FNO2S. The van der Waals surface area contributed by atoms with Gasteiger partial charge in [-0.15, -0.1) is 0 Å². The van der Waals surface area contributed by atoms with Crippen LogP contribution in [0.1, 0.15) is 11.1 Å². The highest BCUT2D eigenvalue weighted by atomic mass is 32.2. The number of aryl methyl sites for hydroxylation is 1. The summed E-state index contributed by atoms with van der Waals surface area (Å²) in [6.07, 6.45) is 0. The predicted octanol–water partition coefficient (Wildman–Crippen LogP) is 3.12. The van der Waals surface area contributed by atoms with Crippen molar-refractivity contribution in [2.75, 3.05) is 4.72 Å². The van der Waals surface area contributed by atoms with Gasteiger partial charge < -0.3 is 0 Å². The molecular weight excluding hydrogens is 265 g/mol. The minimum atomic E-state index is -3.79. The molecule has 0 unspecified atom stereocenters. The van der Waals surface area contributed by atoms with E-state index in [1.165, 1.54) is 12.1 Å². The van der Waals surface area contributed by atoms with Crippen LogP contribution in [0.3, 0.4) is 0 Å². The Hall–Kier alpha value is -1.88. The molecule has 0 spiro atoms. The van der Waals surface area contributed by atoms with E-state index in [2.05, 4.69) is 11.6 Å². The van der Waals surface area contributed by atoms with Crippen molar-refractivity contribution in [1.82, 2.24) is 0 Å². The van der Waals surface area contributed by atoms with Gasteiger partial charge in [-0.1, -0.05) is 18.2 Å². The summed E-state index contributed by atoms with van der Waals surface area (Å²) in [6, 6.07) is 10.3. The van der Waals surface area contributed by atoms with Gasteiger partial charge in [-0.25, -0.2) is 12.8 Å². The lowest BCUT2D eigenvalue weighted by Crippen LogP contribution is -2.14. The second kappa shape index (κ2) is 5.01. The van der Waals surface area contributed by atoms with Crippen molar-refractivity contribution >= 4 is 15.7 Å². The molecule has 0 aromatic heterocycles. The fourth-order valence-electron chi connectivity index (χ4n) is 1.65. The van der Waals surface area contributed by atoms with Crippen LogP contribution in [0, 0.1) is 19.7 Å². The molecule has 0 aliphatic carbocycles. The molecule has 0 saturated heterocycles. The van der Waals surface area contributed by atoms with E-state index in [0.29, 0.717) is 11.3 Å². The monoisotopic (exact) mass is 278 g/mol. The van der Waals surface area contributed by atoms with Crippen molar-refractivity contribution < 1.29 is 12.8 Å². The topological polar surface area (TPSA) is 46.2 Å². The number of hydrogen-bond acceptors (Lipinski definition) is 2. The molecule has 0 bridgehead atoms. The molecule has 0 saturated carbocycles. The van der Waals surface area contributed by atoms with Crippen molar-refractivity contribution in [3.63, 3.8) is 0 Å². The second-order valence-corrected chi connectivity index (χ2v) is 5.86. The summed E-state index contributed by atoms with van der Waals surface area (Å²) < 4.78 is 39.9. The highest BCUT2D eigenvalue weighted by Gasteiger charge is 2.17. The first-order chi connectivity index (χ1) is 8.88. The number of halogens is 1. The summed E-state index contributed by atoms with van der Waals surface area (Å²) in [6.45, 7) is 5.33. The zero-order valence-corrected chi connectivity index (χ0v) is 11.2. The zero-order chi connectivity index (χ0) is 14.0. The molecule has 0 aliphatic rings. The molecule has 1 N–H and O–H groups in total. The van der Waals surface area contributed by atoms with Crippen LogP contribution in [0.15, 0.2) is 47.4 Å². The maximum atomic E-state index is 13.2. The van der Waals surface area contributed by atoms with Crippen LogP contribution < -0.4 is 4.72 Å². The van der Waals surface area contributed by atoms with Gasteiger partial charge in [0.05, 0.1) is 4.90 Å². The smallest absolute Gasteiger partial charge is 0.262 e. The van der Waals surface area contributed by atoms with Crippen LogP contribution in [-0.4, -0.2) is 8.42 Å². The van der Waals surface area contributed by atoms with Crippen molar-refractivity contribution in [3.05, 3.63) is 66.3 Å². The lowest BCUT2D eigenvalue weighted by Gasteiger charge is -2.10. The Kier molecular flexibility index (Phi) is 3.57. The SMILES string of the molecule is [CH2]c1ccc(NS(=O)(=O)c2cc(F)ccc2C)cc1. The van der Waals surface area contributed by atoms with Gasteiger partial charge in [-0.2, -0.15) is 0 Å². The van der Waals surface area contributed by atoms with Gasteiger partial charge in [-0.05, 0) is 49.2 Å². The molecule has 3 nitrogen and oxygen atoms in total. The van der Waals surface area contributed by atoms with Crippen LogP contribution in [0.4, 0.5) is 10.1 Å². The van der Waals surface area contributed by atoms with Gasteiger partial charge in [0, 0.05) is 5.69 Å². The Balaban J connectivity index is 2.37. The number of anilines is 1. The molecule has 5 heteroatoms. The third kappa shape index (κ3) is 3.12. The van der Waals surface area contributed by atoms with Crippen molar-refractivity contribution in [2.24, 2.45) is 0 Å². The first-order valence-electron chi connectivity index (χ1n) is 5.59. The van der Waals surface area contributed by atoms with Crippen LogP contribution in [0.5, 0.6) is 0 Å². The lowest BCUT2D eigenvalue weighted by molar-refractivity contribution is 0.594. The third-order valence-electron chi connectivity index (χ3n) is 2.65. The number of sulfonamides is 1. The highest BCUT2D eigenvalue weighted by molar-refractivity contribution is 7.92. The second-order valence-electron chi connectivity index (χ2n) is 4.21. The van der Waals surface area contributed by atoms with Crippen LogP contribution in [0.25, 0.3) is 0 Å². The summed E-state index contributed by atoms with van der Waals surface area (Å²) >= 11 is 0. The Morgan fingerprint density at radius 3 is 2.37 bits per heavy atom. The first kappa shape index (κ1) is 13.5. The molecule has 0 atom stereocenters. The van der Waals surface area contributed by atoms with E-state index in [0.717, 1.165) is 11.6 Å². The Morgan fingerprint density at radius 1 is 1.11 bits per heavy atom. The van der Waals surface area contributed by atoms with Gasteiger partial charge >= 0.3 is 0 Å². The molecule has 2 aromatic rings. The normalized spacial score (nSPS) is 11.3. The standard InChI is InChI=1S/C14H13FNO2S/c1-10-3-7-13(8-4-10)16-19(17,18)14-9-12(15)6-5-11(14)2/h3-9,16H,1H2,2H3. The van der Waals surface area contributed by atoms with Crippen LogP contribution in [-0.2, 0) is 10.0 Å². The molecule has 0 fully saturated rings. The van der Waals surface area contributed by atoms with E-state index >= 15 is 0 Å². The van der Waals surface area contributed by atoms with E-state index in [1.807, 2.05) is 0 Å². The molecule has 0 heterocycles. The van der Waals surface area contributed by atoms with Gasteiger partial charge in [0.15, 0.2) is 0 Å². The molecule has 19 heavy (non-hydrogen) atoms. The molecule has 2 aromatic carbocycles. The quantitative estimate of drug-likeness (QED) is 0.937. The minimum Gasteiger partial charge on any atom is -0.280 e. The Morgan fingerprint density at radius 2 is 1.74 bits per heavy atom. The summed E-state index contributed by atoms with van der Waals surface area (Å²) in [7, 11) is -3.79. The molecule has 0 aliphatic heterocycles. The lowest BCUT2D eigenvalue weighted by atomic mass is 10.2. The number of nitrogens with one attached hydrogen (secondary N) is 1. The summed E-state index contributed by atoms with van der Waals surface area (Å²) in [5, 5.41) is 0. The maximum absolute atomic E-state index is 13.2. The van der Waals surface area contributed by atoms with Gasteiger partial charge in [0.2, 0.25) is 0 Å². The molecule has 99 valence electrons. The van der Waals surface area contributed by atoms with Gasteiger partial charge in [0.25, 0.3) is 10.0 Å². The molecule has 0 amide bonds. The number of benzene rings is 2. The van der Waals surface area contributed by atoms with E-state index in [9.17, 15) is 12.8 Å². The summed E-state index contributed by atoms with van der Waals surface area (Å²) in [5.41, 5.74) is 1.68. The van der Waals surface area contributed by atoms with E-state index < -0.39 is 15.8 Å². The minimum absolute atomic E-state index is 0.0637. The van der Waals surface area contributed by atoms with E-state index in [1.54, 1.807) is 31.2 Å². The van der Waals surface area contributed by atoms with Gasteiger partial charge in [0.1, 0.15) is 5.82 Å². The largest absolute Gasteiger partial charge is 0.280 e. The average molecular weight is 278 g/mol. The van der Waals surface area contributed by atoms with E-state index in [-0.39, 0.29) is 4.90 Å².